The number of alkyl halides is 3. The number of hydrogen-bond acceptors (Lipinski definition) is 9. The van der Waals surface area contributed by atoms with E-state index in [0.717, 1.165) is 35.9 Å². The molecule has 57 heavy (non-hydrogen) atoms. The number of piperazine rings is 1. The highest BCUT2D eigenvalue weighted by atomic mass is 35.5. The van der Waals surface area contributed by atoms with Crippen molar-refractivity contribution in [3.8, 4) is 22.9 Å². The molecule has 2 aliphatic carbocycles. The number of rotatable bonds is 9. The minimum atomic E-state index is -4.71. The van der Waals surface area contributed by atoms with Crippen molar-refractivity contribution in [1.82, 2.24) is 28.6 Å². The molecule has 2 fully saturated rings. The molecule has 0 radical (unpaired) electrons. The maximum Gasteiger partial charge on any atom is 0.416 e. The molecule has 2 aromatic carbocycles. The van der Waals surface area contributed by atoms with E-state index in [1.807, 2.05) is 0 Å². The van der Waals surface area contributed by atoms with Crippen molar-refractivity contribution in [2.75, 3.05) is 31.1 Å². The van der Waals surface area contributed by atoms with Crippen LogP contribution in [0.5, 0.6) is 11.5 Å². The maximum absolute atomic E-state index is 14.6. The number of halogens is 4. The van der Waals surface area contributed by atoms with Crippen LogP contribution >= 0.6 is 11.6 Å². The first-order valence-corrected chi connectivity index (χ1v) is 19.0. The first-order valence-electron chi connectivity index (χ1n) is 18.6. The van der Waals surface area contributed by atoms with Gasteiger partial charge in [0.1, 0.15) is 28.8 Å². The van der Waals surface area contributed by atoms with Gasteiger partial charge in [-0.2, -0.15) is 22.7 Å². The van der Waals surface area contributed by atoms with Crippen molar-refractivity contribution in [3.05, 3.63) is 102 Å². The predicted octanol–water partition coefficient (Wildman–Crippen LogP) is 4.26. The number of nitrogens with two attached hydrogens (primary N) is 1. The van der Waals surface area contributed by atoms with Crippen molar-refractivity contribution in [2.24, 2.45) is 12.8 Å². The van der Waals surface area contributed by atoms with Gasteiger partial charge in [-0.05, 0) is 74.9 Å². The number of amides is 2. The highest BCUT2D eigenvalue weighted by Gasteiger charge is 2.37. The lowest BCUT2D eigenvalue weighted by molar-refractivity contribution is -0.137. The van der Waals surface area contributed by atoms with Crippen LogP contribution < -0.4 is 26.5 Å². The number of carbonyl (C=O) groups is 2. The third kappa shape index (κ3) is 6.66. The Kier molecular flexibility index (Phi) is 9.53. The van der Waals surface area contributed by atoms with Gasteiger partial charge in [-0.15, -0.1) is 5.10 Å². The smallest absolute Gasteiger partial charge is 0.416 e. The van der Waals surface area contributed by atoms with E-state index in [0.29, 0.717) is 41.5 Å². The number of nitrogens with zero attached hydrogens (tertiary/aromatic N) is 7. The summed E-state index contributed by atoms with van der Waals surface area (Å²) < 4.78 is 50.7. The maximum atomic E-state index is 14.6. The SMILES string of the molecule is CCc1c(N2CCN(C(=O)c3c(O)c4c(n(C)c3=O)CCC4)CC2)c(=O)n2nc(-c3ccc(OC4CC4)cc3)nc2n1C(C(N)=O)c1ccc(C(F)(F)F)cc1Cl. The molecule has 1 saturated heterocycles. The van der Waals surface area contributed by atoms with Gasteiger partial charge in [0.05, 0.1) is 17.4 Å². The van der Waals surface area contributed by atoms with E-state index < -0.39 is 40.7 Å². The Labute approximate surface area is 327 Å². The first-order chi connectivity index (χ1) is 27.2. The zero-order valence-corrected chi connectivity index (χ0v) is 31.7. The fraction of sp³-hybridized carbons (Fsp3) is 0.385. The highest BCUT2D eigenvalue weighted by molar-refractivity contribution is 6.31. The van der Waals surface area contributed by atoms with Crippen LogP contribution in [-0.4, -0.2) is 77.8 Å². The molecule has 8 rings (SSSR count). The van der Waals surface area contributed by atoms with Gasteiger partial charge < -0.3 is 29.9 Å². The molecule has 3 aromatic heterocycles. The number of benzene rings is 2. The number of primary amides is 1. The van der Waals surface area contributed by atoms with Gasteiger partial charge in [-0.3, -0.25) is 23.7 Å². The number of carbonyl (C=O) groups excluding carboxylic acids is 2. The average Bonchev–Trinajstić information content (AvgIpc) is 3.65. The van der Waals surface area contributed by atoms with Crippen molar-refractivity contribution in [1.29, 1.82) is 0 Å². The van der Waals surface area contributed by atoms with E-state index in [-0.39, 0.29) is 83.6 Å². The molecule has 2 amide bonds. The topological polar surface area (TPSA) is 170 Å². The molecule has 1 saturated carbocycles. The van der Waals surface area contributed by atoms with Crippen LogP contribution in [0.3, 0.4) is 0 Å². The van der Waals surface area contributed by atoms with Crippen LogP contribution in [0, 0.1) is 0 Å². The van der Waals surface area contributed by atoms with E-state index in [1.54, 1.807) is 43.1 Å². The monoisotopic (exact) mass is 806 g/mol. The second-order valence-electron chi connectivity index (χ2n) is 14.5. The summed E-state index contributed by atoms with van der Waals surface area (Å²) in [4.78, 5) is 63.0. The van der Waals surface area contributed by atoms with Gasteiger partial charge in [0.25, 0.3) is 17.0 Å². The van der Waals surface area contributed by atoms with E-state index in [1.165, 1.54) is 14.0 Å². The molecule has 5 aromatic rings. The van der Waals surface area contributed by atoms with Crippen LogP contribution in [-0.2, 0) is 37.3 Å². The number of aromatic nitrogens is 5. The number of pyridine rings is 1. The Balaban J connectivity index is 1.22. The molecule has 4 heterocycles. The fourth-order valence-corrected chi connectivity index (χ4v) is 8.17. The molecule has 1 atom stereocenters. The van der Waals surface area contributed by atoms with E-state index in [9.17, 15) is 37.5 Å². The van der Waals surface area contributed by atoms with E-state index in [2.05, 4.69) is 5.10 Å². The quantitative estimate of drug-likeness (QED) is 0.221. The van der Waals surface area contributed by atoms with Gasteiger partial charge in [0.15, 0.2) is 5.82 Å². The zero-order chi connectivity index (χ0) is 40.5. The van der Waals surface area contributed by atoms with E-state index >= 15 is 0 Å². The molecule has 1 aliphatic heterocycles. The van der Waals surface area contributed by atoms with Crippen molar-refractivity contribution in [2.45, 2.75) is 63.8 Å². The van der Waals surface area contributed by atoms with E-state index in [4.69, 9.17) is 27.1 Å². The summed E-state index contributed by atoms with van der Waals surface area (Å²) in [6, 6.07) is 8.00. The van der Waals surface area contributed by atoms with Gasteiger partial charge in [0.2, 0.25) is 11.7 Å². The van der Waals surface area contributed by atoms with Gasteiger partial charge in [-0.1, -0.05) is 24.6 Å². The van der Waals surface area contributed by atoms with Crippen LogP contribution in [0.15, 0.2) is 52.1 Å². The van der Waals surface area contributed by atoms with Crippen LogP contribution in [0.25, 0.3) is 17.2 Å². The number of aromatic hydroxyl groups is 1. The van der Waals surface area contributed by atoms with Gasteiger partial charge >= 0.3 is 6.18 Å². The molecule has 0 bridgehead atoms. The largest absolute Gasteiger partial charge is 0.507 e. The third-order valence-corrected chi connectivity index (χ3v) is 11.2. The summed E-state index contributed by atoms with van der Waals surface area (Å²) in [7, 11) is 1.58. The summed E-state index contributed by atoms with van der Waals surface area (Å²) in [5.74, 6) is -1.26. The molecular weight excluding hydrogens is 769 g/mol. The lowest BCUT2D eigenvalue weighted by atomic mass is 10.0. The second kappa shape index (κ2) is 14.3. The number of fused-ring (bicyclic) bond motifs is 2. The third-order valence-electron chi connectivity index (χ3n) is 10.9. The van der Waals surface area contributed by atoms with Crippen molar-refractivity contribution >= 4 is 34.9 Å². The summed E-state index contributed by atoms with van der Waals surface area (Å²) in [5.41, 5.74) is 5.65. The average molecular weight is 807 g/mol. The Morgan fingerprint density at radius 1 is 1.04 bits per heavy atom. The van der Waals surface area contributed by atoms with Crippen LogP contribution in [0.2, 0.25) is 5.02 Å². The van der Waals surface area contributed by atoms with Crippen LogP contribution in [0.4, 0.5) is 18.9 Å². The van der Waals surface area contributed by atoms with Crippen LogP contribution in [0.1, 0.15) is 70.7 Å². The zero-order valence-electron chi connectivity index (χ0n) is 31.0. The second-order valence-corrected chi connectivity index (χ2v) is 14.9. The van der Waals surface area contributed by atoms with Crippen molar-refractivity contribution < 1.29 is 32.6 Å². The molecule has 3 aliphatic rings. The first kappa shape index (κ1) is 38.1. The number of hydrogen-bond donors (Lipinski definition) is 2. The molecule has 18 heteroatoms. The summed E-state index contributed by atoms with van der Waals surface area (Å²) >= 11 is 6.48. The Hall–Kier alpha value is -5.84. The highest BCUT2D eigenvalue weighted by Crippen LogP contribution is 2.37. The Morgan fingerprint density at radius 3 is 2.35 bits per heavy atom. The fourth-order valence-electron chi connectivity index (χ4n) is 7.89. The number of ether oxygens (including phenoxy) is 1. The molecule has 298 valence electrons. The van der Waals surface area contributed by atoms with Gasteiger partial charge in [-0.25, -0.2) is 0 Å². The molecular formula is C39H38ClF3N8O6. The molecule has 0 spiro atoms. The minimum Gasteiger partial charge on any atom is -0.507 e. The summed E-state index contributed by atoms with van der Waals surface area (Å²) in [6.07, 6.45) is -0.561. The normalized spacial score (nSPS) is 16.2. The number of anilines is 1. The standard InChI is InChI=1S/C39H38ClF3N8O6/c1-3-27-31(48-15-17-49(18-16-48)36(55)29-32(52)25-5-4-6-28(25)47(2)35(29)54)37(56)51-38(45-34(46-51)20-7-10-22(11-8-20)57-23-12-13-23)50(27)30(33(44)53)24-14-9-21(19-26(24)40)39(41,42)43/h7-11,14,19,23,30,52H,3-6,12-13,15-18H2,1-2H3,(H2,44,53). The minimum absolute atomic E-state index is 0.0550. The molecule has 3 N–H and O–H groups in total. The molecule has 14 nitrogen and oxygen atoms in total. The summed E-state index contributed by atoms with van der Waals surface area (Å²) in [6.45, 7) is 2.04. The Morgan fingerprint density at radius 2 is 1.74 bits per heavy atom. The lowest BCUT2D eigenvalue weighted by Crippen LogP contribution is -2.52. The predicted molar refractivity (Wildman–Crippen MR) is 203 cm³/mol. The Bertz CT molecular complexity index is 2570. The lowest BCUT2D eigenvalue weighted by Gasteiger charge is -2.37. The van der Waals surface area contributed by atoms with Crippen molar-refractivity contribution in [3.63, 3.8) is 0 Å². The molecule has 1 unspecified atom stereocenters. The van der Waals surface area contributed by atoms with Gasteiger partial charge in [0, 0.05) is 60.6 Å². The summed E-state index contributed by atoms with van der Waals surface area (Å²) in [5, 5.41) is 15.2.